The van der Waals surface area contributed by atoms with Crippen LogP contribution in [0.3, 0.4) is 0 Å². The van der Waals surface area contributed by atoms with Crippen LogP contribution in [0.4, 0.5) is 0 Å². The van der Waals surface area contributed by atoms with Crippen LogP contribution in [0.2, 0.25) is 5.02 Å². The van der Waals surface area contributed by atoms with E-state index in [1.54, 1.807) is 47.6 Å². The second-order valence-corrected chi connectivity index (χ2v) is 8.87. The van der Waals surface area contributed by atoms with Gasteiger partial charge >= 0.3 is 0 Å². The number of benzene rings is 2. The van der Waals surface area contributed by atoms with E-state index in [-0.39, 0.29) is 18.4 Å². The topological polar surface area (TPSA) is 49.9 Å². The van der Waals surface area contributed by atoms with Gasteiger partial charge in [0.25, 0.3) is 5.91 Å². The average molecular weight is 471 g/mol. The zero-order valence-electron chi connectivity index (χ0n) is 18.3. The van der Waals surface area contributed by atoms with Gasteiger partial charge in [0.05, 0.1) is 23.7 Å². The summed E-state index contributed by atoms with van der Waals surface area (Å²) in [7, 11) is 1.57. The van der Waals surface area contributed by atoms with E-state index in [0.717, 1.165) is 16.0 Å². The fraction of sp³-hybridized carbons (Fsp3) is 0.280. The van der Waals surface area contributed by atoms with Crippen molar-refractivity contribution >= 4 is 34.8 Å². The molecule has 0 radical (unpaired) electrons. The number of hydrogen-bond donors (Lipinski definition) is 0. The molecule has 2 amide bonds. The molecular formula is C25H27ClN2O3S. The minimum atomic E-state index is -0.284. The number of thiophene rings is 1. The average Bonchev–Trinajstić information content (AvgIpc) is 3.21. The Morgan fingerprint density at radius 1 is 0.969 bits per heavy atom. The van der Waals surface area contributed by atoms with Gasteiger partial charge in [-0.15, -0.1) is 11.3 Å². The molecule has 1 aromatic heterocycles. The Morgan fingerprint density at radius 3 is 2.34 bits per heavy atom. The molecule has 0 spiro atoms. The second kappa shape index (κ2) is 11.8. The van der Waals surface area contributed by atoms with Gasteiger partial charge in [0.2, 0.25) is 5.91 Å². The fourth-order valence-electron chi connectivity index (χ4n) is 3.30. The molecule has 0 unspecified atom stereocenters. The third kappa shape index (κ3) is 6.42. The van der Waals surface area contributed by atoms with E-state index in [0.29, 0.717) is 36.8 Å². The maximum absolute atomic E-state index is 13.4. The SMILES string of the molecule is COCCN(CC(=O)N(Cc1ccccc1)Cc1sccc1C)C(=O)c1ccccc1Cl. The standard InChI is InChI=1S/C25H27ClN2O3S/c1-19-12-15-32-23(19)17-28(16-20-8-4-3-5-9-20)24(29)18-27(13-14-31-2)25(30)21-10-6-7-11-22(21)26/h3-12,15H,13-14,16-18H2,1-2H3. The molecule has 0 aliphatic heterocycles. The first-order valence-corrected chi connectivity index (χ1v) is 11.6. The molecule has 2 aromatic carbocycles. The van der Waals surface area contributed by atoms with Crippen LogP contribution in [0.1, 0.15) is 26.4 Å². The van der Waals surface area contributed by atoms with Crippen molar-refractivity contribution in [3.63, 3.8) is 0 Å². The lowest BCUT2D eigenvalue weighted by atomic mass is 10.1. The van der Waals surface area contributed by atoms with E-state index in [4.69, 9.17) is 16.3 Å². The van der Waals surface area contributed by atoms with Crippen molar-refractivity contribution in [1.29, 1.82) is 0 Å². The van der Waals surface area contributed by atoms with Crippen LogP contribution in [-0.2, 0) is 22.6 Å². The summed E-state index contributed by atoms with van der Waals surface area (Å²) >= 11 is 7.88. The minimum absolute atomic E-state index is 0.0509. The van der Waals surface area contributed by atoms with Crippen LogP contribution < -0.4 is 0 Å². The quantitative estimate of drug-likeness (QED) is 0.417. The summed E-state index contributed by atoms with van der Waals surface area (Å²) < 4.78 is 5.18. The van der Waals surface area contributed by atoms with Crippen molar-refractivity contribution in [2.45, 2.75) is 20.0 Å². The molecule has 0 aliphatic rings. The van der Waals surface area contributed by atoms with Crippen molar-refractivity contribution in [2.75, 3.05) is 26.8 Å². The lowest BCUT2D eigenvalue weighted by Gasteiger charge is -2.28. The molecule has 0 saturated carbocycles. The van der Waals surface area contributed by atoms with E-state index in [2.05, 4.69) is 6.07 Å². The summed E-state index contributed by atoms with van der Waals surface area (Å²) in [4.78, 5) is 31.1. The van der Waals surface area contributed by atoms with Gasteiger partial charge < -0.3 is 14.5 Å². The molecular weight excluding hydrogens is 444 g/mol. The molecule has 0 atom stereocenters. The van der Waals surface area contributed by atoms with Gasteiger partial charge in [-0.1, -0.05) is 54.1 Å². The van der Waals surface area contributed by atoms with Crippen molar-refractivity contribution in [1.82, 2.24) is 9.80 Å². The highest BCUT2D eigenvalue weighted by Gasteiger charge is 2.24. The number of ether oxygens (including phenoxy) is 1. The van der Waals surface area contributed by atoms with Crippen LogP contribution in [0.15, 0.2) is 66.0 Å². The van der Waals surface area contributed by atoms with Crippen LogP contribution >= 0.6 is 22.9 Å². The summed E-state index contributed by atoms with van der Waals surface area (Å²) in [6, 6.07) is 18.8. The molecule has 7 heteroatoms. The lowest BCUT2D eigenvalue weighted by molar-refractivity contribution is -0.133. The maximum Gasteiger partial charge on any atom is 0.255 e. The summed E-state index contributed by atoms with van der Waals surface area (Å²) in [5.74, 6) is -0.411. The molecule has 0 saturated heterocycles. The maximum atomic E-state index is 13.4. The molecule has 32 heavy (non-hydrogen) atoms. The highest BCUT2D eigenvalue weighted by molar-refractivity contribution is 7.10. The van der Waals surface area contributed by atoms with E-state index in [1.807, 2.05) is 42.6 Å². The third-order valence-electron chi connectivity index (χ3n) is 5.15. The minimum Gasteiger partial charge on any atom is -0.383 e. The van der Waals surface area contributed by atoms with E-state index >= 15 is 0 Å². The van der Waals surface area contributed by atoms with Gasteiger partial charge in [0.15, 0.2) is 0 Å². The molecule has 0 bridgehead atoms. The lowest BCUT2D eigenvalue weighted by Crippen LogP contribution is -2.43. The zero-order chi connectivity index (χ0) is 22.9. The van der Waals surface area contributed by atoms with E-state index in [9.17, 15) is 9.59 Å². The predicted molar refractivity (Wildman–Crippen MR) is 129 cm³/mol. The number of halogens is 1. The first-order chi connectivity index (χ1) is 15.5. The highest BCUT2D eigenvalue weighted by atomic mass is 35.5. The van der Waals surface area contributed by atoms with Gasteiger partial charge in [-0.25, -0.2) is 0 Å². The number of aryl methyl sites for hydroxylation is 1. The van der Waals surface area contributed by atoms with Gasteiger partial charge in [0.1, 0.15) is 6.54 Å². The summed E-state index contributed by atoms with van der Waals surface area (Å²) in [6.45, 7) is 3.58. The smallest absolute Gasteiger partial charge is 0.255 e. The Hall–Kier alpha value is -2.67. The number of amides is 2. The molecule has 3 rings (SSSR count). The highest BCUT2D eigenvalue weighted by Crippen LogP contribution is 2.21. The largest absolute Gasteiger partial charge is 0.383 e. The van der Waals surface area contributed by atoms with Crippen molar-refractivity contribution < 1.29 is 14.3 Å². The molecule has 0 aliphatic carbocycles. The first-order valence-electron chi connectivity index (χ1n) is 10.4. The van der Waals surface area contributed by atoms with Crippen molar-refractivity contribution in [3.8, 4) is 0 Å². The first kappa shape index (κ1) is 24.0. The van der Waals surface area contributed by atoms with Crippen LogP contribution in [0.5, 0.6) is 0 Å². The number of hydrogen-bond acceptors (Lipinski definition) is 4. The van der Waals surface area contributed by atoms with Gasteiger partial charge in [-0.3, -0.25) is 9.59 Å². The zero-order valence-corrected chi connectivity index (χ0v) is 19.9. The number of carbonyl (C=O) groups is 2. The Morgan fingerprint density at radius 2 is 1.69 bits per heavy atom. The summed E-state index contributed by atoms with van der Waals surface area (Å²) in [5.41, 5.74) is 2.57. The third-order valence-corrected chi connectivity index (χ3v) is 6.49. The molecule has 5 nitrogen and oxygen atoms in total. The van der Waals surface area contributed by atoms with Gasteiger partial charge in [-0.2, -0.15) is 0 Å². The number of carbonyl (C=O) groups excluding carboxylic acids is 2. The molecule has 0 N–H and O–H groups in total. The second-order valence-electron chi connectivity index (χ2n) is 7.46. The fourth-order valence-corrected chi connectivity index (χ4v) is 4.43. The van der Waals surface area contributed by atoms with Crippen molar-refractivity contribution in [2.24, 2.45) is 0 Å². The molecule has 1 heterocycles. The molecule has 0 fully saturated rings. The van der Waals surface area contributed by atoms with Crippen LogP contribution in [0.25, 0.3) is 0 Å². The number of nitrogens with zero attached hydrogens (tertiary/aromatic N) is 2. The Labute approximate surface area is 198 Å². The van der Waals surface area contributed by atoms with Gasteiger partial charge in [0, 0.05) is 25.1 Å². The van der Waals surface area contributed by atoms with Crippen LogP contribution in [0, 0.1) is 6.92 Å². The normalized spacial score (nSPS) is 10.7. The Kier molecular flexibility index (Phi) is 8.85. The Bertz CT molecular complexity index is 1040. The summed E-state index contributed by atoms with van der Waals surface area (Å²) in [6.07, 6.45) is 0. The number of rotatable bonds is 10. The Balaban J connectivity index is 1.82. The van der Waals surface area contributed by atoms with Crippen molar-refractivity contribution in [3.05, 3.63) is 92.6 Å². The molecule has 3 aromatic rings. The molecule has 168 valence electrons. The number of methoxy groups -OCH3 is 1. The monoisotopic (exact) mass is 470 g/mol. The summed E-state index contributed by atoms with van der Waals surface area (Å²) in [5, 5.41) is 2.39. The van der Waals surface area contributed by atoms with Crippen LogP contribution in [-0.4, -0.2) is 48.4 Å². The van der Waals surface area contributed by atoms with Gasteiger partial charge in [-0.05, 0) is 41.6 Å². The van der Waals surface area contributed by atoms with E-state index in [1.165, 1.54) is 4.90 Å². The predicted octanol–water partition coefficient (Wildman–Crippen LogP) is 5.03. The van der Waals surface area contributed by atoms with E-state index < -0.39 is 0 Å².